The van der Waals surface area contributed by atoms with E-state index in [-0.39, 0.29) is 28.8 Å². The molecular weight excluding hydrogens is 488 g/mol. The number of hydrogen-bond donors (Lipinski definition) is 2. The summed E-state index contributed by atoms with van der Waals surface area (Å²) in [5.41, 5.74) is 0.428. The second kappa shape index (κ2) is 9.37. The number of ketones is 1. The molecule has 12 atom stereocenters. The Balaban J connectivity index is 1.17. The molecule has 6 aliphatic rings. The number of fused-ring (bicyclic) bond motifs is 3. The van der Waals surface area contributed by atoms with E-state index in [1.54, 1.807) is 13.0 Å². The topological polar surface area (TPSA) is 112 Å². The Labute approximate surface area is 225 Å². The van der Waals surface area contributed by atoms with Gasteiger partial charge < -0.3 is 29.2 Å². The van der Waals surface area contributed by atoms with Crippen LogP contribution in [0.2, 0.25) is 0 Å². The number of aliphatic hydroxyl groups is 2. The molecule has 4 saturated carbocycles. The first-order valence-electron chi connectivity index (χ1n) is 14.7. The van der Waals surface area contributed by atoms with Gasteiger partial charge in [-0.1, -0.05) is 13.8 Å². The average Bonchev–Trinajstić information content (AvgIpc) is 3.30. The molecule has 4 aliphatic carbocycles. The summed E-state index contributed by atoms with van der Waals surface area (Å²) in [5.74, 6) is 1.11. The maximum absolute atomic E-state index is 14.4. The van der Waals surface area contributed by atoms with Crippen LogP contribution in [0, 0.1) is 34.0 Å². The van der Waals surface area contributed by atoms with Crippen molar-refractivity contribution in [1.82, 2.24) is 0 Å². The monoisotopic (exact) mass is 532 g/mol. The normalized spacial score (nSPS) is 52.6. The molecule has 5 fully saturated rings. The van der Waals surface area contributed by atoms with Gasteiger partial charge in [0.25, 0.3) is 0 Å². The molecule has 8 heteroatoms. The van der Waals surface area contributed by atoms with Crippen LogP contribution in [0.3, 0.4) is 0 Å². The van der Waals surface area contributed by atoms with Crippen molar-refractivity contribution < 1.29 is 38.7 Å². The van der Waals surface area contributed by atoms with Gasteiger partial charge in [-0.3, -0.25) is 4.79 Å². The lowest BCUT2D eigenvalue weighted by molar-refractivity contribution is -0.313. The molecule has 1 saturated heterocycles. The number of hydrogen-bond acceptors (Lipinski definition) is 8. The highest BCUT2D eigenvalue weighted by Crippen LogP contribution is 2.70. The molecule has 212 valence electrons. The molecule has 1 spiro atoms. The number of aliphatic hydroxyl groups excluding tert-OH is 2. The molecule has 0 aromatic rings. The predicted molar refractivity (Wildman–Crippen MR) is 137 cm³/mol. The van der Waals surface area contributed by atoms with Gasteiger partial charge in [-0.05, 0) is 93.5 Å². The Morgan fingerprint density at radius 3 is 2.47 bits per heavy atom. The third-order valence-corrected chi connectivity index (χ3v) is 12.0. The van der Waals surface area contributed by atoms with E-state index in [0.717, 1.165) is 63.4 Å². The fourth-order valence-corrected chi connectivity index (χ4v) is 9.88. The summed E-state index contributed by atoms with van der Waals surface area (Å²) < 4.78 is 22.8. The zero-order valence-electron chi connectivity index (χ0n) is 23.2. The lowest BCUT2D eigenvalue weighted by atomic mass is 9.37. The zero-order valence-corrected chi connectivity index (χ0v) is 23.2. The Hall–Kier alpha value is -1.32. The van der Waals surface area contributed by atoms with E-state index in [1.807, 2.05) is 0 Å². The van der Waals surface area contributed by atoms with E-state index in [1.165, 1.54) is 7.11 Å². The first-order valence-corrected chi connectivity index (χ1v) is 14.7. The maximum Gasteiger partial charge on any atom is 0.331 e. The van der Waals surface area contributed by atoms with Gasteiger partial charge in [0.1, 0.15) is 30.7 Å². The molecule has 2 bridgehead atoms. The van der Waals surface area contributed by atoms with Crippen LogP contribution in [0.1, 0.15) is 78.6 Å². The van der Waals surface area contributed by atoms with Gasteiger partial charge in [-0.25, -0.2) is 4.79 Å². The minimum Gasteiger partial charge on any atom is -0.458 e. The van der Waals surface area contributed by atoms with Crippen LogP contribution in [-0.4, -0.2) is 72.5 Å². The van der Waals surface area contributed by atoms with Crippen LogP contribution in [0.25, 0.3) is 0 Å². The number of esters is 1. The molecular formula is C30H44O8. The third-order valence-electron chi connectivity index (χ3n) is 12.0. The van der Waals surface area contributed by atoms with Crippen LogP contribution in [0.4, 0.5) is 0 Å². The summed E-state index contributed by atoms with van der Waals surface area (Å²) in [5, 5.41) is 21.1. The quantitative estimate of drug-likeness (QED) is 0.419. The van der Waals surface area contributed by atoms with Crippen LogP contribution in [0.5, 0.6) is 0 Å². The molecule has 2 aliphatic heterocycles. The molecule has 0 amide bonds. The number of rotatable bonds is 4. The lowest BCUT2D eigenvalue weighted by Crippen LogP contribution is -2.64. The highest BCUT2D eigenvalue weighted by Gasteiger charge is 2.67. The van der Waals surface area contributed by atoms with E-state index < -0.39 is 36.1 Å². The molecule has 12 unspecified atom stereocenters. The first-order chi connectivity index (χ1) is 18.0. The SMILES string of the molecule is COC1C(O)C(C)OC(OC2CCC3(C)C(CCC45CCC(C6=CC(=O)OC6)C(C)(CCC43)C5=O)C2)C1O. The van der Waals surface area contributed by atoms with Crippen molar-refractivity contribution >= 4 is 11.8 Å². The van der Waals surface area contributed by atoms with Crippen molar-refractivity contribution in [2.24, 2.45) is 34.0 Å². The van der Waals surface area contributed by atoms with E-state index >= 15 is 0 Å². The van der Waals surface area contributed by atoms with E-state index in [4.69, 9.17) is 18.9 Å². The Kier molecular flexibility index (Phi) is 6.63. The predicted octanol–water partition coefficient (Wildman–Crippen LogP) is 3.32. The van der Waals surface area contributed by atoms with E-state index in [9.17, 15) is 19.8 Å². The van der Waals surface area contributed by atoms with Crippen LogP contribution in [0.15, 0.2) is 11.6 Å². The Morgan fingerprint density at radius 1 is 1.00 bits per heavy atom. The Morgan fingerprint density at radius 2 is 1.76 bits per heavy atom. The van der Waals surface area contributed by atoms with E-state index in [2.05, 4.69) is 13.8 Å². The summed E-state index contributed by atoms with van der Waals surface area (Å²) in [4.78, 5) is 26.2. The highest BCUT2D eigenvalue weighted by atomic mass is 16.7. The molecule has 2 N–H and O–H groups in total. The molecule has 2 heterocycles. The molecule has 38 heavy (non-hydrogen) atoms. The van der Waals surface area contributed by atoms with Crippen molar-refractivity contribution in [3.8, 4) is 0 Å². The summed E-state index contributed by atoms with van der Waals surface area (Å²) in [7, 11) is 1.48. The lowest BCUT2D eigenvalue weighted by Gasteiger charge is -2.66. The van der Waals surface area contributed by atoms with Crippen molar-refractivity contribution in [3.05, 3.63) is 11.6 Å². The number of cyclic esters (lactones) is 1. The van der Waals surface area contributed by atoms with Crippen molar-refractivity contribution in [1.29, 1.82) is 0 Å². The molecule has 0 aromatic heterocycles. The standard InChI is InChI=1S/C30H44O8/c1-16-23(32)25(35-4)24(33)26(37-16)38-19-6-9-28(2)18(14-19)5-11-30-12-7-20(17-13-22(31)36-15-17)29(3,27(30)34)10-8-21(28)30/h13,16,18-21,23-26,32-33H,5-12,14-15H2,1-4H3. The second-order valence-corrected chi connectivity index (χ2v) is 13.6. The van der Waals surface area contributed by atoms with Crippen LogP contribution >= 0.6 is 0 Å². The van der Waals surface area contributed by atoms with Gasteiger partial charge in [0, 0.05) is 24.0 Å². The summed E-state index contributed by atoms with van der Waals surface area (Å²) in [6, 6.07) is 0. The Bertz CT molecular complexity index is 1010. The third kappa shape index (κ3) is 3.80. The number of ether oxygens (including phenoxy) is 4. The summed E-state index contributed by atoms with van der Waals surface area (Å²) in [6.45, 7) is 6.68. The summed E-state index contributed by atoms with van der Waals surface area (Å²) in [6.07, 6.45) is 6.07. The second-order valence-electron chi connectivity index (χ2n) is 13.6. The van der Waals surface area contributed by atoms with Gasteiger partial charge in [-0.2, -0.15) is 0 Å². The van der Waals surface area contributed by atoms with Gasteiger partial charge in [0.2, 0.25) is 0 Å². The number of methoxy groups -OCH3 is 1. The molecule has 8 nitrogen and oxygen atoms in total. The van der Waals surface area contributed by atoms with Gasteiger partial charge in [-0.15, -0.1) is 0 Å². The van der Waals surface area contributed by atoms with Crippen LogP contribution < -0.4 is 0 Å². The zero-order chi connectivity index (χ0) is 27.0. The van der Waals surface area contributed by atoms with E-state index in [0.29, 0.717) is 24.2 Å². The molecule has 0 radical (unpaired) electrons. The minimum atomic E-state index is -1.05. The number of carbonyl (C=O) groups is 2. The number of Topliss-reactive ketones (excluding diaryl/α,β-unsaturated/α-hetero) is 1. The minimum absolute atomic E-state index is 0.0335. The smallest absolute Gasteiger partial charge is 0.331 e. The average molecular weight is 533 g/mol. The summed E-state index contributed by atoms with van der Waals surface area (Å²) >= 11 is 0. The fourth-order valence-electron chi connectivity index (χ4n) is 9.88. The van der Waals surface area contributed by atoms with Gasteiger partial charge in [0.05, 0.1) is 12.2 Å². The first kappa shape index (κ1) is 26.9. The van der Waals surface area contributed by atoms with Gasteiger partial charge >= 0.3 is 5.97 Å². The molecule has 6 rings (SSSR count). The van der Waals surface area contributed by atoms with Crippen LogP contribution in [-0.2, 0) is 28.5 Å². The van der Waals surface area contributed by atoms with Gasteiger partial charge in [0.15, 0.2) is 6.29 Å². The fraction of sp³-hybridized carbons (Fsp3) is 0.867. The number of carbonyl (C=O) groups excluding carboxylic acids is 2. The largest absolute Gasteiger partial charge is 0.458 e. The maximum atomic E-state index is 14.4. The highest BCUT2D eigenvalue weighted by molar-refractivity contribution is 5.93. The van der Waals surface area contributed by atoms with Crippen molar-refractivity contribution in [3.63, 3.8) is 0 Å². The van der Waals surface area contributed by atoms with Crippen molar-refractivity contribution in [2.45, 2.75) is 115 Å². The van der Waals surface area contributed by atoms with Crippen molar-refractivity contribution in [2.75, 3.05) is 13.7 Å². The molecule has 0 aromatic carbocycles.